The van der Waals surface area contributed by atoms with Gasteiger partial charge in [0.2, 0.25) is 11.8 Å². The minimum Gasteiger partial charge on any atom is -0.492 e. The van der Waals surface area contributed by atoms with Crippen LogP contribution in [-0.4, -0.2) is 20.1 Å². The third kappa shape index (κ3) is 2.35. The number of hydrogen-bond donors (Lipinski definition) is 3. The van der Waals surface area contributed by atoms with E-state index in [9.17, 15) is 5.11 Å². The van der Waals surface area contributed by atoms with E-state index in [1.807, 2.05) is 18.2 Å². The second-order valence-corrected chi connectivity index (χ2v) is 3.15. The zero-order chi connectivity index (χ0) is 11.4. The van der Waals surface area contributed by atoms with Gasteiger partial charge in [-0.25, -0.2) is 4.98 Å². The first-order chi connectivity index (χ1) is 7.75. The molecule has 0 radical (unpaired) electrons. The fraction of sp³-hybridized carbons (Fsp3) is 0.100. The van der Waals surface area contributed by atoms with E-state index < -0.39 is 0 Å². The normalized spacial score (nSPS) is 10.0. The molecular formula is C10H11N5O. The average molecular weight is 217 g/mol. The van der Waals surface area contributed by atoms with E-state index in [4.69, 9.17) is 5.73 Å². The number of aromatic nitrogens is 3. The van der Waals surface area contributed by atoms with Crippen LogP contribution in [-0.2, 0) is 6.54 Å². The fourth-order valence-corrected chi connectivity index (χ4v) is 1.14. The van der Waals surface area contributed by atoms with Crippen LogP contribution in [0.25, 0.3) is 0 Å². The summed E-state index contributed by atoms with van der Waals surface area (Å²) >= 11 is 0. The first-order valence-electron chi connectivity index (χ1n) is 4.71. The lowest BCUT2D eigenvalue weighted by Crippen LogP contribution is -2.05. The number of anilines is 2. The van der Waals surface area contributed by atoms with Crippen molar-refractivity contribution in [1.29, 1.82) is 0 Å². The Morgan fingerprint density at radius 2 is 2.19 bits per heavy atom. The average Bonchev–Trinajstić information content (AvgIpc) is 2.32. The fourth-order valence-electron chi connectivity index (χ4n) is 1.14. The topological polar surface area (TPSA) is 97.0 Å². The minimum atomic E-state index is -0.224. The maximum absolute atomic E-state index is 9.27. The Hall–Kier alpha value is -2.37. The van der Waals surface area contributed by atoms with Crippen LogP contribution in [0.5, 0.6) is 5.88 Å². The van der Waals surface area contributed by atoms with Gasteiger partial charge in [-0.1, -0.05) is 6.07 Å². The van der Waals surface area contributed by atoms with Gasteiger partial charge in [0.1, 0.15) is 5.69 Å². The Morgan fingerprint density at radius 1 is 1.31 bits per heavy atom. The number of nitrogens with two attached hydrogens (primary N) is 1. The van der Waals surface area contributed by atoms with E-state index in [1.54, 1.807) is 6.20 Å². The highest BCUT2D eigenvalue weighted by Crippen LogP contribution is 2.15. The van der Waals surface area contributed by atoms with Gasteiger partial charge in [0.15, 0.2) is 0 Å². The predicted octanol–water partition coefficient (Wildman–Crippen LogP) is 0.772. The SMILES string of the molecule is Nc1cnc(NCc2ccccn2)nc1O. The summed E-state index contributed by atoms with van der Waals surface area (Å²) in [6.45, 7) is 0.490. The zero-order valence-electron chi connectivity index (χ0n) is 8.46. The molecule has 6 nitrogen and oxygen atoms in total. The smallest absolute Gasteiger partial charge is 0.239 e. The van der Waals surface area contributed by atoms with Crippen LogP contribution >= 0.6 is 0 Å². The lowest BCUT2D eigenvalue weighted by molar-refractivity contribution is 0.456. The predicted molar refractivity (Wildman–Crippen MR) is 59.7 cm³/mol. The molecule has 0 aliphatic heterocycles. The third-order valence-electron chi connectivity index (χ3n) is 1.95. The number of rotatable bonds is 3. The molecule has 0 aliphatic rings. The second-order valence-electron chi connectivity index (χ2n) is 3.15. The first-order valence-corrected chi connectivity index (χ1v) is 4.71. The van der Waals surface area contributed by atoms with Crippen LogP contribution in [0.15, 0.2) is 30.6 Å². The summed E-state index contributed by atoms with van der Waals surface area (Å²) in [5, 5.41) is 12.2. The van der Waals surface area contributed by atoms with Crippen LogP contribution in [0.3, 0.4) is 0 Å². The number of nitrogens with zero attached hydrogens (tertiary/aromatic N) is 3. The molecule has 2 aromatic rings. The molecule has 0 fully saturated rings. The number of nitrogens with one attached hydrogen (secondary N) is 1. The summed E-state index contributed by atoms with van der Waals surface area (Å²) in [6.07, 6.45) is 3.06. The third-order valence-corrected chi connectivity index (χ3v) is 1.95. The molecule has 0 saturated carbocycles. The van der Waals surface area contributed by atoms with Crippen molar-refractivity contribution < 1.29 is 5.11 Å². The summed E-state index contributed by atoms with van der Waals surface area (Å²) in [4.78, 5) is 11.8. The Labute approximate surface area is 92.2 Å². The summed E-state index contributed by atoms with van der Waals surface area (Å²) in [5.41, 5.74) is 6.40. The molecule has 0 aromatic carbocycles. The van der Waals surface area contributed by atoms with E-state index in [1.165, 1.54) is 6.20 Å². The van der Waals surface area contributed by atoms with E-state index in [-0.39, 0.29) is 11.6 Å². The number of nitrogen functional groups attached to an aromatic ring is 1. The van der Waals surface area contributed by atoms with Gasteiger partial charge in [0, 0.05) is 6.20 Å². The first kappa shape index (κ1) is 10.2. The maximum atomic E-state index is 9.27. The molecule has 0 spiro atoms. The van der Waals surface area contributed by atoms with E-state index >= 15 is 0 Å². The van der Waals surface area contributed by atoms with Crippen LogP contribution in [0.2, 0.25) is 0 Å². The Bertz CT molecular complexity index is 474. The van der Waals surface area contributed by atoms with Crippen molar-refractivity contribution >= 4 is 11.6 Å². The largest absolute Gasteiger partial charge is 0.492 e. The molecule has 82 valence electrons. The van der Waals surface area contributed by atoms with Crippen molar-refractivity contribution in [1.82, 2.24) is 15.0 Å². The Kier molecular flexibility index (Phi) is 2.81. The highest BCUT2D eigenvalue weighted by molar-refractivity contribution is 5.47. The second kappa shape index (κ2) is 4.43. The number of hydrogen-bond acceptors (Lipinski definition) is 6. The summed E-state index contributed by atoms with van der Waals surface area (Å²) in [5.74, 6) is 0.0934. The molecule has 16 heavy (non-hydrogen) atoms. The molecule has 2 aromatic heterocycles. The molecule has 0 bridgehead atoms. The molecule has 4 N–H and O–H groups in total. The summed E-state index contributed by atoms with van der Waals surface area (Å²) in [7, 11) is 0. The van der Waals surface area contributed by atoms with Crippen LogP contribution < -0.4 is 11.1 Å². The monoisotopic (exact) mass is 217 g/mol. The number of aromatic hydroxyl groups is 1. The van der Waals surface area contributed by atoms with Crippen molar-refractivity contribution in [3.8, 4) is 5.88 Å². The van der Waals surface area contributed by atoms with Gasteiger partial charge in [-0.3, -0.25) is 4.98 Å². The van der Waals surface area contributed by atoms with Crippen LogP contribution in [0, 0.1) is 0 Å². The molecule has 0 saturated heterocycles. The molecule has 6 heteroatoms. The van der Waals surface area contributed by atoms with Crippen molar-refractivity contribution in [2.24, 2.45) is 0 Å². The van der Waals surface area contributed by atoms with Crippen molar-refractivity contribution in [3.05, 3.63) is 36.3 Å². The van der Waals surface area contributed by atoms with Gasteiger partial charge < -0.3 is 16.2 Å². The highest BCUT2D eigenvalue weighted by Gasteiger charge is 2.02. The minimum absolute atomic E-state index is 0.156. The number of pyridine rings is 1. The molecule has 0 aliphatic carbocycles. The molecule has 0 unspecified atom stereocenters. The van der Waals surface area contributed by atoms with Gasteiger partial charge in [-0.2, -0.15) is 4.98 Å². The van der Waals surface area contributed by atoms with E-state index in [0.717, 1.165) is 5.69 Å². The molecule has 2 heterocycles. The summed E-state index contributed by atoms with van der Waals surface area (Å²) in [6, 6.07) is 5.62. The molecule has 2 rings (SSSR count). The maximum Gasteiger partial charge on any atom is 0.239 e. The van der Waals surface area contributed by atoms with Crippen LogP contribution in [0.4, 0.5) is 11.6 Å². The van der Waals surface area contributed by atoms with Gasteiger partial charge >= 0.3 is 0 Å². The van der Waals surface area contributed by atoms with Crippen LogP contribution in [0.1, 0.15) is 5.69 Å². The van der Waals surface area contributed by atoms with Gasteiger partial charge in [0.05, 0.1) is 18.4 Å². The van der Waals surface area contributed by atoms with E-state index in [2.05, 4.69) is 20.3 Å². The van der Waals surface area contributed by atoms with Crippen molar-refractivity contribution in [2.45, 2.75) is 6.54 Å². The van der Waals surface area contributed by atoms with Crippen molar-refractivity contribution in [3.63, 3.8) is 0 Å². The van der Waals surface area contributed by atoms with Gasteiger partial charge in [0.25, 0.3) is 0 Å². The molecule has 0 atom stereocenters. The Balaban J connectivity index is 2.03. The lowest BCUT2D eigenvalue weighted by atomic mass is 10.3. The lowest BCUT2D eigenvalue weighted by Gasteiger charge is -2.04. The quantitative estimate of drug-likeness (QED) is 0.702. The molecule has 0 amide bonds. The van der Waals surface area contributed by atoms with E-state index in [0.29, 0.717) is 12.5 Å². The summed E-state index contributed by atoms with van der Waals surface area (Å²) < 4.78 is 0. The van der Waals surface area contributed by atoms with Crippen molar-refractivity contribution in [2.75, 3.05) is 11.1 Å². The standard InChI is InChI=1S/C10H11N5O/c11-8-6-14-10(15-9(8)16)13-5-7-3-1-2-4-12-7/h1-4,6H,5,11H2,(H2,13,14,15,16). The van der Waals surface area contributed by atoms with Gasteiger partial charge in [-0.15, -0.1) is 0 Å². The molecular weight excluding hydrogens is 206 g/mol. The highest BCUT2D eigenvalue weighted by atomic mass is 16.3. The zero-order valence-corrected chi connectivity index (χ0v) is 8.46. The van der Waals surface area contributed by atoms with Gasteiger partial charge in [-0.05, 0) is 12.1 Å². The Morgan fingerprint density at radius 3 is 2.88 bits per heavy atom.